The second-order valence-corrected chi connectivity index (χ2v) is 9.07. The van der Waals surface area contributed by atoms with Crippen molar-refractivity contribution in [3.8, 4) is 0 Å². The van der Waals surface area contributed by atoms with Crippen molar-refractivity contribution in [2.45, 2.75) is 136 Å². The van der Waals surface area contributed by atoms with Gasteiger partial charge < -0.3 is 9.64 Å². The fourth-order valence-corrected chi connectivity index (χ4v) is 4.55. The molecule has 162 valence electrons. The summed E-state index contributed by atoms with van der Waals surface area (Å²) in [5.41, 5.74) is 0. The molecule has 0 heterocycles. The van der Waals surface area contributed by atoms with E-state index in [0.717, 1.165) is 18.6 Å². The normalized spacial score (nSPS) is 23.2. The summed E-state index contributed by atoms with van der Waals surface area (Å²) in [6.45, 7) is 12.9. The third-order valence-corrected chi connectivity index (χ3v) is 6.54. The summed E-state index contributed by atoms with van der Waals surface area (Å²) in [5, 5.41) is 0. The molecule has 3 atom stereocenters. The monoisotopic (exact) mass is 381 g/mol. The molecule has 0 radical (unpaired) electrons. The molecule has 0 amide bonds. The van der Waals surface area contributed by atoms with Crippen LogP contribution in [0.15, 0.2) is 0 Å². The molecule has 0 N–H and O–H groups in total. The van der Waals surface area contributed by atoms with Crippen LogP contribution >= 0.6 is 0 Å². The first-order valence-electron chi connectivity index (χ1n) is 12.6. The Morgan fingerprint density at radius 3 is 1.81 bits per heavy atom. The van der Waals surface area contributed by atoms with Gasteiger partial charge in [-0.3, -0.25) is 0 Å². The van der Waals surface area contributed by atoms with Crippen LogP contribution in [0.25, 0.3) is 0 Å². The molecule has 0 aromatic carbocycles. The minimum Gasteiger partial charge on any atom is -0.378 e. The van der Waals surface area contributed by atoms with Gasteiger partial charge in [-0.05, 0) is 57.5 Å². The van der Waals surface area contributed by atoms with E-state index in [1.807, 2.05) is 0 Å². The van der Waals surface area contributed by atoms with Gasteiger partial charge >= 0.3 is 0 Å². The van der Waals surface area contributed by atoms with Gasteiger partial charge in [0.15, 0.2) is 0 Å². The molecule has 0 bridgehead atoms. The lowest BCUT2D eigenvalue weighted by molar-refractivity contribution is -0.0338. The summed E-state index contributed by atoms with van der Waals surface area (Å²) in [6, 6.07) is 0.769. The van der Waals surface area contributed by atoms with E-state index in [2.05, 4.69) is 32.6 Å². The molecular formula is C25H51NO. The molecule has 1 saturated carbocycles. The van der Waals surface area contributed by atoms with Crippen molar-refractivity contribution in [3.63, 3.8) is 0 Å². The lowest BCUT2D eigenvalue weighted by Gasteiger charge is -2.40. The van der Waals surface area contributed by atoms with Crippen LogP contribution in [0.3, 0.4) is 0 Å². The van der Waals surface area contributed by atoms with Crippen LogP contribution in [-0.2, 0) is 4.74 Å². The maximum atomic E-state index is 6.38. The van der Waals surface area contributed by atoms with Gasteiger partial charge in [0, 0.05) is 12.6 Å². The number of ether oxygens (including phenoxy) is 1. The number of hydrogen-bond acceptors (Lipinski definition) is 2. The Bertz CT molecular complexity index is 307. The zero-order valence-corrected chi connectivity index (χ0v) is 19.3. The molecule has 0 aliphatic heterocycles. The molecule has 1 aliphatic rings. The number of nitrogens with zero attached hydrogens (tertiary/aromatic N) is 1. The summed E-state index contributed by atoms with van der Waals surface area (Å²) >= 11 is 0. The van der Waals surface area contributed by atoms with E-state index in [1.165, 1.54) is 109 Å². The predicted molar refractivity (Wildman–Crippen MR) is 121 cm³/mol. The van der Waals surface area contributed by atoms with E-state index in [1.54, 1.807) is 0 Å². The topological polar surface area (TPSA) is 12.5 Å². The van der Waals surface area contributed by atoms with E-state index in [-0.39, 0.29) is 0 Å². The maximum Gasteiger partial charge on any atom is 0.0615 e. The molecule has 0 aromatic heterocycles. The van der Waals surface area contributed by atoms with Crippen molar-refractivity contribution in [2.75, 3.05) is 19.7 Å². The molecular weight excluding hydrogens is 330 g/mol. The molecule has 27 heavy (non-hydrogen) atoms. The third kappa shape index (κ3) is 11.5. The van der Waals surface area contributed by atoms with Gasteiger partial charge in [0.2, 0.25) is 0 Å². The van der Waals surface area contributed by atoms with Crippen molar-refractivity contribution >= 4 is 0 Å². The van der Waals surface area contributed by atoms with Crippen LogP contribution in [-0.4, -0.2) is 36.7 Å². The Balaban J connectivity index is 2.45. The van der Waals surface area contributed by atoms with E-state index < -0.39 is 0 Å². The Labute approximate surface area is 171 Å². The largest absolute Gasteiger partial charge is 0.378 e. The Morgan fingerprint density at radius 2 is 1.26 bits per heavy atom. The van der Waals surface area contributed by atoms with Crippen LogP contribution < -0.4 is 0 Å². The highest BCUT2D eigenvalue weighted by Gasteiger charge is 2.31. The van der Waals surface area contributed by atoms with E-state index in [4.69, 9.17) is 4.74 Å². The molecule has 0 aromatic rings. The summed E-state index contributed by atoms with van der Waals surface area (Å²) in [6.07, 6.45) is 20.8. The minimum absolute atomic E-state index is 0.499. The molecule has 1 fully saturated rings. The molecule has 2 nitrogen and oxygen atoms in total. The maximum absolute atomic E-state index is 6.38. The molecule has 1 aliphatic carbocycles. The van der Waals surface area contributed by atoms with Crippen LogP contribution in [0.1, 0.15) is 124 Å². The second-order valence-electron chi connectivity index (χ2n) is 9.07. The molecule has 3 unspecified atom stereocenters. The average molecular weight is 382 g/mol. The van der Waals surface area contributed by atoms with Crippen LogP contribution in [0, 0.1) is 5.92 Å². The first-order valence-corrected chi connectivity index (χ1v) is 12.6. The fraction of sp³-hybridized carbons (Fsp3) is 1.00. The zero-order chi connectivity index (χ0) is 19.7. The van der Waals surface area contributed by atoms with E-state index >= 15 is 0 Å². The number of unbranched alkanes of at least 4 members (excludes halogenated alkanes) is 9. The summed E-state index contributed by atoms with van der Waals surface area (Å²) in [4.78, 5) is 2.85. The van der Waals surface area contributed by atoms with E-state index in [9.17, 15) is 0 Å². The van der Waals surface area contributed by atoms with Crippen molar-refractivity contribution < 1.29 is 4.74 Å². The van der Waals surface area contributed by atoms with Crippen molar-refractivity contribution in [1.82, 2.24) is 4.90 Å². The Kier molecular flexibility index (Phi) is 15.6. The summed E-state index contributed by atoms with van der Waals surface area (Å²) in [5.74, 6) is 0.745. The number of hydrogen-bond donors (Lipinski definition) is 0. The average Bonchev–Trinajstić information content (AvgIpc) is 2.68. The first-order chi connectivity index (χ1) is 13.2. The van der Waals surface area contributed by atoms with Gasteiger partial charge in [0.25, 0.3) is 0 Å². The van der Waals surface area contributed by atoms with Crippen molar-refractivity contribution in [2.24, 2.45) is 5.92 Å². The summed E-state index contributed by atoms with van der Waals surface area (Å²) < 4.78 is 6.38. The van der Waals surface area contributed by atoms with Crippen LogP contribution in [0.5, 0.6) is 0 Å². The quantitative estimate of drug-likeness (QED) is 0.240. The van der Waals surface area contributed by atoms with Crippen molar-refractivity contribution in [3.05, 3.63) is 0 Å². The summed E-state index contributed by atoms with van der Waals surface area (Å²) in [7, 11) is 0. The highest BCUT2D eigenvalue weighted by atomic mass is 16.5. The Morgan fingerprint density at radius 1 is 0.704 bits per heavy atom. The molecule has 1 rings (SSSR count). The second kappa shape index (κ2) is 16.8. The first kappa shape index (κ1) is 25.0. The predicted octanol–water partition coefficient (Wildman–Crippen LogP) is 7.60. The van der Waals surface area contributed by atoms with Crippen LogP contribution in [0.2, 0.25) is 0 Å². The Hall–Kier alpha value is -0.0800. The standard InChI is InChI=1S/C25H51NO/c1-5-8-11-14-19-26(20-15-12-9-6-2)24-18-17-23(4)25(22-24)27-21-16-13-10-7-3/h23-25H,5-22H2,1-4H3. The highest BCUT2D eigenvalue weighted by Crippen LogP contribution is 2.30. The molecule has 0 saturated heterocycles. The fourth-order valence-electron chi connectivity index (χ4n) is 4.55. The number of rotatable bonds is 17. The third-order valence-electron chi connectivity index (χ3n) is 6.54. The van der Waals surface area contributed by atoms with E-state index in [0.29, 0.717) is 6.10 Å². The van der Waals surface area contributed by atoms with Gasteiger partial charge in [0.05, 0.1) is 6.10 Å². The SMILES string of the molecule is CCCCCCOC1CC(N(CCCCCC)CCCCCC)CCC1C. The lowest BCUT2D eigenvalue weighted by atomic mass is 9.83. The van der Waals surface area contributed by atoms with Gasteiger partial charge in [-0.2, -0.15) is 0 Å². The van der Waals surface area contributed by atoms with Crippen molar-refractivity contribution in [1.29, 1.82) is 0 Å². The van der Waals surface area contributed by atoms with Gasteiger partial charge in [-0.25, -0.2) is 0 Å². The van der Waals surface area contributed by atoms with Gasteiger partial charge in [-0.1, -0.05) is 85.5 Å². The minimum atomic E-state index is 0.499. The van der Waals surface area contributed by atoms with Gasteiger partial charge in [-0.15, -0.1) is 0 Å². The van der Waals surface area contributed by atoms with Crippen LogP contribution in [0.4, 0.5) is 0 Å². The molecule has 0 spiro atoms. The lowest BCUT2D eigenvalue weighted by Crippen LogP contribution is -2.44. The van der Waals surface area contributed by atoms with Gasteiger partial charge in [0.1, 0.15) is 0 Å². The smallest absolute Gasteiger partial charge is 0.0615 e. The zero-order valence-electron chi connectivity index (χ0n) is 19.3. The molecule has 2 heteroatoms. The highest BCUT2D eigenvalue weighted by molar-refractivity contribution is 4.85.